The summed E-state index contributed by atoms with van der Waals surface area (Å²) in [6.07, 6.45) is 0.360. The number of nitrogens with one attached hydrogen (secondary N) is 3. The number of amides is 3. The van der Waals surface area contributed by atoms with E-state index in [1.807, 2.05) is 74.5 Å². The lowest BCUT2D eigenvalue weighted by Crippen LogP contribution is -2.57. The molecule has 198 valence electrons. The fraction of sp³-hybridized carbons (Fsp3) is 0.258. The Morgan fingerprint density at radius 1 is 1.03 bits per heavy atom. The van der Waals surface area contributed by atoms with Crippen LogP contribution in [0.3, 0.4) is 0 Å². The first-order valence-electron chi connectivity index (χ1n) is 13.2. The second-order valence-corrected chi connectivity index (χ2v) is 11.0. The van der Waals surface area contributed by atoms with Gasteiger partial charge in [-0.05, 0) is 46.9 Å². The van der Waals surface area contributed by atoms with E-state index in [4.69, 9.17) is 11.6 Å². The number of carbonyl (C=O) groups excluding carboxylic acids is 3. The molecule has 4 aromatic rings. The first-order valence-corrected chi connectivity index (χ1v) is 13.5. The first-order chi connectivity index (χ1) is 18.8. The Morgan fingerprint density at radius 2 is 1.74 bits per heavy atom. The molecule has 6 rings (SSSR count). The molecule has 3 heterocycles. The molecule has 39 heavy (non-hydrogen) atoms. The van der Waals surface area contributed by atoms with Crippen molar-refractivity contribution in [3.63, 3.8) is 0 Å². The van der Waals surface area contributed by atoms with Gasteiger partial charge in [-0.3, -0.25) is 14.4 Å². The summed E-state index contributed by atoms with van der Waals surface area (Å²) in [6.45, 7) is 4.11. The van der Waals surface area contributed by atoms with Gasteiger partial charge >= 0.3 is 0 Å². The normalized spacial score (nSPS) is 18.5. The minimum absolute atomic E-state index is 0.159. The summed E-state index contributed by atoms with van der Waals surface area (Å²) in [7, 11) is 0. The Bertz CT molecular complexity index is 1590. The summed E-state index contributed by atoms with van der Waals surface area (Å²) in [5.41, 5.74) is 5.34. The summed E-state index contributed by atoms with van der Waals surface area (Å²) >= 11 is 5.97. The predicted molar refractivity (Wildman–Crippen MR) is 150 cm³/mol. The van der Waals surface area contributed by atoms with Crippen molar-refractivity contribution in [3.8, 4) is 0 Å². The highest BCUT2D eigenvalue weighted by atomic mass is 35.5. The average molecular weight is 541 g/mol. The molecule has 3 atom stereocenters. The molecule has 0 saturated heterocycles. The van der Waals surface area contributed by atoms with E-state index in [1.54, 1.807) is 17.0 Å². The Labute approximate surface area is 231 Å². The molecule has 0 saturated carbocycles. The Hall–Kier alpha value is -4.10. The van der Waals surface area contributed by atoms with E-state index in [-0.39, 0.29) is 23.6 Å². The summed E-state index contributed by atoms with van der Waals surface area (Å²) in [5.74, 6) is -0.941. The van der Waals surface area contributed by atoms with E-state index in [1.165, 1.54) is 0 Å². The van der Waals surface area contributed by atoms with Gasteiger partial charge in [-0.2, -0.15) is 0 Å². The van der Waals surface area contributed by atoms with E-state index in [2.05, 4.69) is 15.6 Å². The van der Waals surface area contributed by atoms with Crippen molar-refractivity contribution < 1.29 is 14.4 Å². The van der Waals surface area contributed by atoms with Gasteiger partial charge in [0.15, 0.2) is 0 Å². The van der Waals surface area contributed by atoms with Gasteiger partial charge in [-0.1, -0.05) is 74.0 Å². The number of halogens is 1. The SMILES string of the molecule is CC(C)C(NC(=O)C1Cc2c([nH]c3ccccc23)C2c3ccccc3C(=O)N12)C(=O)NCc1ccc(Cl)cc1. The van der Waals surface area contributed by atoms with Crippen molar-refractivity contribution in [2.45, 2.75) is 44.9 Å². The molecule has 2 aliphatic rings. The quantitative estimate of drug-likeness (QED) is 0.329. The molecule has 2 aliphatic heterocycles. The first kappa shape index (κ1) is 25.2. The number of para-hydroxylation sites is 1. The number of aromatic amines is 1. The molecule has 3 aromatic carbocycles. The van der Waals surface area contributed by atoms with Crippen LogP contribution in [0.1, 0.15) is 52.6 Å². The Morgan fingerprint density at radius 3 is 2.51 bits per heavy atom. The summed E-state index contributed by atoms with van der Waals surface area (Å²) in [4.78, 5) is 46.0. The van der Waals surface area contributed by atoms with Crippen LogP contribution in [-0.2, 0) is 22.6 Å². The molecular weight excluding hydrogens is 512 g/mol. The average Bonchev–Trinajstić information content (AvgIpc) is 3.46. The molecule has 0 spiro atoms. The molecule has 3 unspecified atom stereocenters. The number of carbonyl (C=O) groups is 3. The van der Waals surface area contributed by atoms with Crippen LogP contribution in [0.4, 0.5) is 0 Å². The summed E-state index contributed by atoms with van der Waals surface area (Å²) in [6, 6.07) is 20.9. The zero-order valence-electron chi connectivity index (χ0n) is 21.7. The summed E-state index contributed by atoms with van der Waals surface area (Å²) in [5, 5.41) is 7.59. The Kier molecular flexibility index (Phi) is 6.39. The molecule has 1 aromatic heterocycles. The number of H-pyrrole nitrogens is 1. The van der Waals surface area contributed by atoms with Crippen molar-refractivity contribution in [2.24, 2.45) is 5.92 Å². The van der Waals surface area contributed by atoms with Crippen LogP contribution < -0.4 is 10.6 Å². The maximum atomic E-state index is 13.9. The second kappa shape index (κ2) is 9.89. The second-order valence-electron chi connectivity index (χ2n) is 10.6. The van der Waals surface area contributed by atoms with E-state index < -0.39 is 18.1 Å². The van der Waals surface area contributed by atoms with Gasteiger partial charge < -0.3 is 20.5 Å². The van der Waals surface area contributed by atoms with Crippen LogP contribution in [0.5, 0.6) is 0 Å². The maximum absolute atomic E-state index is 13.9. The smallest absolute Gasteiger partial charge is 0.255 e. The van der Waals surface area contributed by atoms with Gasteiger partial charge in [0.1, 0.15) is 12.1 Å². The monoisotopic (exact) mass is 540 g/mol. The zero-order valence-corrected chi connectivity index (χ0v) is 22.5. The summed E-state index contributed by atoms with van der Waals surface area (Å²) < 4.78 is 0. The van der Waals surface area contributed by atoms with Crippen molar-refractivity contribution in [2.75, 3.05) is 0 Å². The molecule has 0 radical (unpaired) electrons. The third-order valence-corrected chi connectivity index (χ3v) is 8.03. The largest absolute Gasteiger partial charge is 0.356 e. The van der Waals surface area contributed by atoms with Crippen LogP contribution >= 0.6 is 11.6 Å². The molecule has 0 aliphatic carbocycles. The molecule has 7 nitrogen and oxygen atoms in total. The van der Waals surface area contributed by atoms with Crippen LogP contribution in [-0.4, -0.2) is 39.7 Å². The fourth-order valence-corrected chi connectivity index (χ4v) is 5.95. The van der Waals surface area contributed by atoms with Gasteiger partial charge in [0.25, 0.3) is 5.91 Å². The van der Waals surface area contributed by atoms with Gasteiger partial charge in [0.05, 0.1) is 6.04 Å². The molecule has 8 heteroatoms. The number of aromatic nitrogens is 1. The van der Waals surface area contributed by atoms with Crippen molar-refractivity contribution >= 4 is 40.2 Å². The van der Waals surface area contributed by atoms with E-state index in [9.17, 15) is 14.4 Å². The van der Waals surface area contributed by atoms with Crippen molar-refractivity contribution in [1.82, 2.24) is 20.5 Å². The predicted octanol–water partition coefficient (Wildman–Crippen LogP) is 4.75. The van der Waals surface area contributed by atoms with E-state index in [0.717, 1.165) is 33.3 Å². The Balaban J connectivity index is 1.30. The van der Waals surface area contributed by atoms with Crippen LogP contribution in [0.2, 0.25) is 5.02 Å². The highest BCUT2D eigenvalue weighted by molar-refractivity contribution is 6.30. The molecule has 3 amide bonds. The lowest BCUT2D eigenvalue weighted by molar-refractivity contribution is -0.133. The lowest BCUT2D eigenvalue weighted by Gasteiger charge is -2.38. The third-order valence-electron chi connectivity index (χ3n) is 7.78. The van der Waals surface area contributed by atoms with E-state index >= 15 is 0 Å². The van der Waals surface area contributed by atoms with Crippen molar-refractivity contribution in [3.05, 3.63) is 106 Å². The number of nitrogens with zero attached hydrogens (tertiary/aromatic N) is 1. The number of hydrogen-bond acceptors (Lipinski definition) is 3. The molecular formula is C31H29ClN4O3. The molecule has 0 fully saturated rings. The van der Waals surface area contributed by atoms with Crippen molar-refractivity contribution in [1.29, 1.82) is 0 Å². The minimum atomic E-state index is -0.757. The fourth-order valence-electron chi connectivity index (χ4n) is 5.82. The van der Waals surface area contributed by atoms with Crippen LogP contribution in [0.15, 0.2) is 72.8 Å². The number of rotatable bonds is 6. The number of benzene rings is 3. The van der Waals surface area contributed by atoms with Crippen LogP contribution in [0.25, 0.3) is 10.9 Å². The van der Waals surface area contributed by atoms with Crippen LogP contribution in [0, 0.1) is 5.92 Å². The number of hydrogen-bond donors (Lipinski definition) is 3. The van der Waals surface area contributed by atoms with Gasteiger partial charge in [0, 0.05) is 40.1 Å². The van der Waals surface area contributed by atoms with E-state index in [0.29, 0.717) is 23.6 Å². The van der Waals surface area contributed by atoms with Gasteiger partial charge in [-0.15, -0.1) is 0 Å². The zero-order chi connectivity index (χ0) is 27.3. The standard InChI is InChI=1S/C31H29ClN4O3/c1-17(2)26(30(38)33-16-18-11-13-19(32)14-12-18)35-29(37)25-15-23-20-7-5-6-10-24(20)34-27(23)28-21-8-3-4-9-22(21)31(39)36(25)28/h3-14,17,25-26,28,34H,15-16H2,1-2H3,(H,33,38)(H,35,37). The molecule has 0 bridgehead atoms. The minimum Gasteiger partial charge on any atom is -0.356 e. The van der Waals surface area contributed by atoms with Gasteiger partial charge in [0.2, 0.25) is 11.8 Å². The maximum Gasteiger partial charge on any atom is 0.255 e. The molecule has 3 N–H and O–H groups in total. The third kappa shape index (κ3) is 4.36. The lowest BCUT2D eigenvalue weighted by atomic mass is 9.89. The highest BCUT2D eigenvalue weighted by Crippen LogP contribution is 2.46. The van der Waals surface area contributed by atoms with Gasteiger partial charge in [-0.25, -0.2) is 0 Å². The highest BCUT2D eigenvalue weighted by Gasteiger charge is 2.49. The number of fused-ring (bicyclic) bond motifs is 7. The topological polar surface area (TPSA) is 94.3 Å².